The fourth-order valence-electron chi connectivity index (χ4n) is 2.66. The summed E-state index contributed by atoms with van der Waals surface area (Å²) in [6.07, 6.45) is 5.95. The first-order valence-corrected chi connectivity index (χ1v) is 6.43. The van der Waals surface area contributed by atoms with Crippen LogP contribution in [-0.4, -0.2) is 37.8 Å². The molecule has 1 N–H and O–H groups in total. The van der Waals surface area contributed by atoms with Crippen molar-refractivity contribution in [3.05, 3.63) is 4.91 Å². The molecule has 2 fully saturated rings. The minimum atomic E-state index is -0.618. The number of rotatable bonds is 4. The fourth-order valence-corrected chi connectivity index (χ4v) is 2.66. The van der Waals surface area contributed by atoms with Gasteiger partial charge in [0.05, 0.1) is 31.8 Å². The molecule has 0 aromatic rings. The summed E-state index contributed by atoms with van der Waals surface area (Å²) in [7, 11) is 0. The zero-order valence-electron chi connectivity index (χ0n) is 10.1. The van der Waals surface area contributed by atoms with Gasteiger partial charge in [0.25, 0.3) is 0 Å². The third-order valence-corrected chi connectivity index (χ3v) is 3.88. The first-order valence-electron chi connectivity index (χ1n) is 6.43. The lowest BCUT2D eigenvalue weighted by atomic mass is 9.86. The molecule has 1 heterocycles. The molecule has 0 radical (unpaired) electrons. The largest absolute Gasteiger partial charge is 0.396 e. The van der Waals surface area contributed by atoms with E-state index in [0.717, 1.165) is 12.8 Å². The van der Waals surface area contributed by atoms with Crippen LogP contribution in [0.15, 0.2) is 5.18 Å². The second kappa shape index (κ2) is 5.89. The van der Waals surface area contributed by atoms with Crippen molar-refractivity contribution in [2.45, 2.75) is 38.4 Å². The van der Waals surface area contributed by atoms with Gasteiger partial charge in [-0.3, -0.25) is 0 Å². The highest BCUT2D eigenvalue weighted by molar-refractivity contribution is 4.84. The minimum Gasteiger partial charge on any atom is -0.396 e. The van der Waals surface area contributed by atoms with Crippen LogP contribution in [0.2, 0.25) is 0 Å². The van der Waals surface area contributed by atoms with Gasteiger partial charge in [-0.2, -0.15) is 4.91 Å². The Hall–Kier alpha value is -0.520. The topological polar surface area (TPSA) is 68.1 Å². The van der Waals surface area contributed by atoms with Crippen molar-refractivity contribution in [1.82, 2.24) is 0 Å². The standard InChI is InChI=1S/C12H21NO4/c14-7-12(6-13-15)8-16-11(17-9-12)10-4-2-1-3-5-10/h10-11,14H,1-9H2. The molecule has 1 aliphatic carbocycles. The summed E-state index contributed by atoms with van der Waals surface area (Å²) >= 11 is 0. The van der Waals surface area contributed by atoms with E-state index in [0.29, 0.717) is 19.1 Å². The maximum Gasteiger partial charge on any atom is 0.160 e. The molecular formula is C12H21NO4. The SMILES string of the molecule is O=NCC1(CO)COC(C2CCCCC2)OC1. The molecule has 0 amide bonds. The molecule has 0 atom stereocenters. The van der Waals surface area contributed by atoms with E-state index >= 15 is 0 Å². The van der Waals surface area contributed by atoms with Gasteiger partial charge in [-0.25, -0.2) is 0 Å². The highest BCUT2D eigenvalue weighted by Gasteiger charge is 2.39. The number of aliphatic hydroxyl groups is 1. The molecule has 0 unspecified atom stereocenters. The van der Waals surface area contributed by atoms with Gasteiger partial charge < -0.3 is 14.6 Å². The number of nitrogens with zero attached hydrogens (tertiary/aromatic N) is 1. The predicted octanol–water partition coefficient (Wildman–Crippen LogP) is 1.68. The Kier molecular flexibility index (Phi) is 4.48. The van der Waals surface area contributed by atoms with Crippen molar-refractivity contribution in [2.24, 2.45) is 16.5 Å². The van der Waals surface area contributed by atoms with E-state index in [2.05, 4.69) is 5.18 Å². The minimum absolute atomic E-state index is 0.0564. The molecule has 0 bridgehead atoms. The molecule has 5 heteroatoms. The third kappa shape index (κ3) is 3.03. The van der Waals surface area contributed by atoms with E-state index in [1.807, 2.05) is 0 Å². The molecular weight excluding hydrogens is 222 g/mol. The Morgan fingerprint density at radius 2 is 1.82 bits per heavy atom. The molecule has 98 valence electrons. The molecule has 2 aliphatic rings. The molecule has 1 saturated heterocycles. The second-order valence-electron chi connectivity index (χ2n) is 5.33. The average Bonchev–Trinajstić information content (AvgIpc) is 2.41. The summed E-state index contributed by atoms with van der Waals surface area (Å²) < 4.78 is 11.4. The first-order chi connectivity index (χ1) is 8.29. The normalized spacial score (nSPS) is 35.7. The van der Waals surface area contributed by atoms with E-state index in [1.165, 1.54) is 19.3 Å². The fraction of sp³-hybridized carbons (Fsp3) is 1.00. The zero-order valence-corrected chi connectivity index (χ0v) is 10.1. The summed E-state index contributed by atoms with van der Waals surface area (Å²) in [5.41, 5.74) is -0.618. The summed E-state index contributed by atoms with van der Waals surface area (Å²) in [4.78, 5) is 10.3. The summed E-state index contributed by atoms with van der Waals surface area (Å²) in [6.45, 7) is 0.684. The van der Waals surface area contributed by atoms with Gasteiger partial charge in [-0.05, 0) is 12.8 Å². The highest BCUT2D eigenvalue weighted by atomic mass is 16.7. The Morgan fingerprint density at radius 3 is 2.35 bits per heavy atom. The number of nitroso groups, excluding NO2 is 1. The van der Waals surface area contributed by atoms with Crippen LogP contribution < -0.4 is 0 Å². The smallest absolute Gasteiger partial charge is 0.160 e. The third-order valence-electron chi connectivity index (χ3n) is 3.88. The average molecular weight is 243 g/mol. The molecule has 1 saturated carbocycles. The molecule has 5 nitrogen and oxygen atoms in total. The van der Waals surface area contributed by atoms with Crippen LogP contribution in [0.5, 0.6) is 0 Å². The maximum absolute atomic E-state index is 10.3. The van der Waals surface area contributed by atoms with Gasteiger partial charge in [0.1, 0.15) is 0 Å². The van der Waals surface area contributed by atoms with Crippen LogP contribution in [0.1, 0.15) is 32.1 Å². The van der Waals surface area contributed by atoms with Crippen molar-refractivity contribution in [2.75, 3.05) is 26.4 Å². The van der Waals surface area contributed by atoms with E-state index in [1.54, 1.807) is 0 Å². The molecule has 1 aliphatic heterocycles. The van der Waals surface area contributed by atoms with Crippen LogP contribution in [0.3, 0.4) is 0 Å². The lowest BCUT2D eigenvalue weighted by molar-refractivity contribution is -0.256. The van der Waals surface area contributed by atoms with E-state index < -0.39 is 5.41 Å². The Labute approximate surface area is 101 Å². The summed E-state index contributed by atoms with van der Waals surface area (Å²) in [5.74, 6) is 0.477. The van der Waals surface area contributed by atoms with Gasteiger partial charge in [-0.15, -0.1) is 0 Å². The summed E-state index contributed by atoms with van der Waals surface area (Å²) in [5, 5.41) is 12.2. The van der Waals surface area contributed by atoms with Gasteiger partial charge >= 0.3 is 0 Å². The maximum atomic E-state index is 10.3. The number of hydrogen-bond acceptors (Lipinski definition) is 5. The van der Waals surface area contributed by atoms with E-state index in [-0.39, 0.29) is 19.4 Å². The van der Waals surface area contributed by atoms with Gasteiger partial charge in [0.15, 0.2) is 6.29 Å². The molecule has 2 rings (SSSR count). The van der Waals surface area contributed by atoms with Crippen molar-refractivity contribution >= 4 is 0 Å². The Balaban J connectivity index is 1.85. The molecule has 17 heavy (non-hydrogen) atoms. The van der Waals surface area contributed by atoms with Gasteiger partial charge in [-0.1, -0.05) is 24.4 Å². The van der Waals surface area contributed by atoms with E-state index in [9.17, 15) is 10.0 Å². The lowest BCUT2D eigenvalue weighted by Gasteiger charge is -2.40. The predicted molar refractivity (Wildman–Crippen MR) is 62.4 cm³/mol. The van der Waals surface area contributed by atoms with Crippen LogP contribution in [0.25, 0.3) is 0 Å². The van der Waals surface area contributed by atoms with Crippen LogP contribution >= 0.6 is 0 Å². The highest BCUT2D eigenvalue weighted by Crippen LogP contribution is 2.33. The van der Waals surface area contributed by atoms with Crippen LogP contribution in [-0.2, 0) is 9.47 Å². The van der Waals surface area contributed by atoms with Gasteiger partial charge in [0, 0.05) is 5.92 Å². The lowest BCUT2D eigenvalue weighted by Crippen LogP contribution is -2.48. The van der Waals surface area contributed by atoms with Crippen molar-refractivity contribution in [1.29, 1.82) is 0 Å². The number of aliphatic hydroxyl groups excluding tert-OH is 1. The number of hydrogen-bond donors (Lipinski definition) is 1. The Bertz CT molecular complexity index is 245. The molecule has 0 spiro atoms. The monoisotopic (exact) mass is 243 g/mol. The second-order valence-corrected chi connectivity index (χ2v) is 5.33. The van der Waals surface area contributed by atoms with Crippen molar-refractivity contribution in [3.8, 4) is 0 Å². The van der Waals surface area contributed by atoms with Crippen molar-refractivity contribution < 1.29 is 14.6 Å². The quantitative estimate of drug-likeness (QED) is 0.763. The van der Waals surface area contributed by atoms with Crippen LogP contribution in [0.4, 0.5) is 0 Å². The number of ether oxygens (including phenoxy) is 2. The molecule has 0 aromatic carbocycles. The first kappa shape index (κ1) is 12.9. The van der Waals surface area contributed by atoms with Crippen molar-refractivity contribution in [3.63, 3.8) is 0 Å². The van der Waals surface area contributed by atoms with Gasteiger partial charge in [0.2, 0.25) is 0 Å². The zero-order chi connectivity index (χ0) is 12.1. The Morgan fingerprint density at radius 1 is 1.18 bits per heavy atom. The molecule has 0 aromatic heterocycles. The van der Waals surface area contributed by atoms with E-state index in [4.69, 9.17) is 9.47 Å². The van der Waals surface area contributed by atoms with Crippen LogP contribution in [0, 0.1) is 16.2 Å². The summed E-state index contributed by atoms with van der Waals surface area (Å²) in [6, 6.07) is 0.